The van der Waals surface area contributed by atoms with E-state index in [2.05, 4.69) is 11.9 Å². The lowest BCUT2D eigenvalue weighted by atomic mass is 10.1. The second kappa shape index (κ2) is 9.50. The number of carbonyl (C=O) groups excluding carboxylic acids is 2. The summed E-state index contributed by atoms with van der Waals surface area (Å²) in [7, 11) is 1.71. The topological polar surface area (TPSA) is 72.1 Å². The van der Waals surface area contributed by atoms with Gasteiger partial charge in [0, 0.05) is 18.7 Å². The zero-order valence-corrected chi connectivity index (χ0v) is 19.7. The molecule has 0 atom stereocenters. The zero-order valence-electron chi connectivity index (χ0n) is 18.9. The average molecular weight is 461 g/mol. The van der Waals surface area contributed by atoms with Gasteiger partial charge in [-0.1, -0.05) is 18.2 Å². The molecule has 1 saturated heterocycles. The van der Waals surface area contributed by atoms with Crippen LogP contribution in [0.1, 0.15) is 34.2 Å². The fourth-order valence-corrected chi connectivity index (χ4v) is 4.25. The van der Waals surface area contributed by atoms with E-state index in [4.69, 9.17) is 9.15 Å². The molecule has 1 fully saturated rings. The number of amidine groups is 1. The van der Waals surface area contributed by atoms with Crippen molar-refractivity contribution >= 4 is 40.6 Å². The van der Waals surface area contributed by atoms with Gasteiger partial charge >= 0.3 is 5.97 Å². The minimum Gasteiger partial charge on any atom is -0.462 e. The molecule has 1 aliphatic heterocycles. The number of rotatable bonds is 5. The summed E-state index contributed by atoms with van der Waals surface area (Å²) in [6, 6.07) is 16.7. The van der Waals surface area contributed by atoms with Crippen molar-refractivity contribution < 1.29 is 18.7 Å². The number of aryl methyl sites for hydroxylation is 2. The van der Waals surface area contributed by atoms with Crippen molar-refractivity contribution in [3.8, 4) is 11.3 Å². The highest BCUT2D eigenvalue weighted by Crippen LogP contribution is 2.34. The Bertz CT molecular complexity index is 1290. The largest absolute Gasteiger partial charge is 0.462 e. The molecule has 6 nitrogen and oxygen atoms in total. The number of amides is 1. The second-order valence-electron chi connectivity index (χ2n) is 7.64. The minimum absolute atomic E-state index is 0.134. The summed E-state index contributed by atoms with van der Waals surface area (Å²) in [5.74, 6) is 0.633. The van der Waals surface area contributed by atoms with Gasteiger partial charge in [0.1, 0.15) is 11.5 Å². The van der Waals surface area contributed by atoms with Crippen LogP contribution in [0.4, 0.5) is 5.69 Å². The van der Waals surface area contributed by atoms with Gasteiger partial charge in [-0.2, -0.15) is 0 Å². The molecule has 168 valence electrons. The highest BCUT2D eigenvalue weighted by molar-refractivity contribution is 8.18. The van der Waals surface area contributed by atoms with Crippen LogP contribution in [0.3, 0.4) is 0 Å². The van der Waals surface area contributed by atoms with Gasteiger partial charge in [0.2, 0.25) is 0 Å². The molecular weight excluding hydrogens is 436 g/mol. The lowest BCUT2D eigenvalue weighted by molar-refractivity contribution is -0.121. The van der Waals surface area contributed by atoms with Crippen molar-refractivity contribution in [2.45, 2.75) is 20.8 Å². The van der Waals surface area contributed by atoms with E-state index in [0.717, 1.165) is 16.8 Å². The Kier molecular flexibility index (Phi) is 6.51. The first kappa shape index (κ1) is 22.6. The first-order valence-electron chi connectivity index (χ1n) is 10.6. The number of esters is 1. The van der Waals surface area contributed by atoms with E-state index in [1.54, 1.807) is 49.2 Å². The predicted molar refractivity (Wildman–Crippen MR) is 131 cm³/mol. The highest BCUT2D eigenvalue weighted by Gasteiger charge is 2.30. The lowest BCUT2D eigenvalue weighted by Crippen LogP contribution is -2.23. The predicted octanol–water partition coefficient (Wildman–Crippen LogP) is 5.97. The lowest BCUT2D eigenvalue weighted by Gasteiger charge is -2.08. The molecule has 4 rings (SSSR count). The molecule has 0 aliphatic carbocycles. The second-order valence-corrected chi connectivity index (χ2v) is 8.65. The molecule has 1 aromatic heterocycles. The van der Waals surface area contributed by atoms with Crippen LogP contribution in [-0.2, 0) is 9.53 Å². The third kappa shape index (κ3) is 4.93. The summed E-state index contributed by atoms with van der Waals surface area (Å²) < 4.78 is 11.0. The molecule has 33 heavy (non-hydrogen) atoms. The van der Waals surface area contributed by atoms with Gasteiger partial charge in [-0.15, -0.1) is 0 Å². The van der Waals surface area contributed by atoms with Crippen molar-refractivity contribution in [3.63, 3.8) is 0 Å². The Morgan fingerprint density at radius 3 is 2.70 bits per heavy atom. The van der Waals surface area contributed by atoms with E-state index in [0.29, 0.717) is 33.8 Å². The average Bonchev–Trinajstić information content (AvgIpc) is 3.37. The monoisotopic (exact) mass is 460 g/mol. The van der Waals surface area contributed by atoms with E-state index >= 15 is 0 Å². The summed E-state index contributed by atoms with van der Waals surface area (Å²) in [6.07, 6.45) is 1.71. The summed E-state index contributed by atoms with van der Waals surface area (Å²) >= 11 is 1.31. The van der Waals surface area contributed by atoms with Crippen LogP contribution in [0, 0.1) is 13.8 Å². The maximum absolute atomic E-state index is 12.8. The Balaban J connectivity index is 1.56. The molecular formula is C26H24N2O4S. The number of likely N-dealkylation sites (N-methyl/N-ethyl adjacent to an activating group) is 1. The molecule has 1 amide bonds. The third-order valence-corrected chi connectivity index (χ3v) is 6.34. The van der Waals surface area contributed by atoms with E-state index in [-0.39, 0.29) is 11.9 Å². The maximum atomic E-state index is 12.8. The molecule has 0 N–H and O–H groups in total. The summed E-state index contributed by atoms with van der Waals surface area (Å²) in [5.41, 5.74) is 4.37. The van der Waals surface area contributed by atoms with Gasteiger partial charge in [-0.05, 0) is 80.1 Å². The van der Waals surface area contributed by atoms with Gasteiger partial charge in [0.15, 0.2) is 5.17 Å². The van der Waals surface area contributed by atoms with Crippen molar-refractivity contribution in [3.05, 3.63) is 82.0 Å². The fraction of sp³-hybridized carbons (Fsp3) is 0.192. The summed E-state index contributed by atoms with van der Waals surface area (Å²) in [4.78, 5) is 31.5. The number of nitrogens with zero attached hydrogens (tertiary/aromatic N) is 2. The van der Waals surface area contributed by atoms with Crippen molar-refractivity contribution in [1.82, 2.24) is 4.90 Å². The summed E-state index contributed by atoms with van der Waals surface area (Å²) in [6.45, 7) is 6.18. The molecule has 0 spiro atoms. The summed E-state index contributed by atoms with van der Waals surface area (Å²) in [5, 5.41) is 0.614. The van der Waals surface area contributed by atoms with Gasteiger partial charge in [-0.3, -0.25) is 9.69 Å². The first-order valence-corrected chi connectivity index (χ1v) is 11.4. The number of carbonyl (C=O) groups is 2. The number of benzene rings is 2. The van der Waals surface area contributed by atoms with Crippen LogP contribution in [0.2, 0.25) is 0 Å². The Hall–Kier alpha value is -3.58. The smallest absolute Gasteiger partial charge is 0.338 e. The fourth-order valence-electron chi connectivity index (χ4n) is 3.29. The van der Waals surface area contributed by atoms with E-state index in [1.165, 1.54) is 17.3 Å². The number of thioether (sulfide) groups is 1. The van der Waals surface area contributed by atoms with Crippen LogP contribution < -0.4 is 0 Å². The van der Waals surface area contributed by atoms with Crippen LogP contribution in [-0.4, -0.2) is 35.6 Å². The molecule has 7 heteroatoms. The van der Waals surface area contributed by atoms with Crippen LogP contribution in [0.15, 0.2) is 68.9 Å². The van der Waals surface area contributed by atoms with E-state index in [9.17, 15) is 9.59 Å². The first-order chi connectivity index (χ1) is 15.9. The molecule has 2 heterocycles. The minimum atomic E-state index is -0.375. The van der Waals surface area contributed by atoms with Crippen molar-refractivity contribution in [2.24, 2.45) is 4.99 Å². The molecule has 0 radical (unpaired) electrons. The van der Waals surface area contributed by atoms with Crippen LogP contribution in [0.25, 0.3) is 17.4 Å². The molecule has 0 unspecified atom stereocenters. The molecule has 0 bridgehead atoms. The quantitative estimate of drug-likeness (QED) is 0.346. The van der Waals surface area contributed by atoms with Gasteiger partial charge in [0.05, 0.1) is 22.8 Å². The number of hydrogen-bond donors (Lipinski definition) is 0. The van der Waals surface area contributed by atoms with Crippen LogP contribution >= 0.6 is 11.8 Å². The van der Waals surface area contributed by atoms with Crippen molar-refractivity contribution in [2.75, 3.05) is 13.7 Å². The van der Waals surface area contributed by atoms with E-state index in [1.807, 2.05) is 37.3 Å². The Morgan fingerprint density at radius 1 is 1.12 bits per heavy atom. The SMILES string of the molecule is CCOC(=O)c1cccc(-c2ccc(/C=C3/SC(=Nc4ccc(C)c(C)c4)N(C)C3=O)o2)c1. The van der Waals surface area contributed by atoms with E-state index < -0.39 is 0 Å². The molecule has 1 aliphatic rings. The molecule has 2 aromatic carbocycles. The van der Waals surface area contributed by atoms with Gasteiger partial charge in [-0.25, -0.2) is 9.79 Å². The van der Waals surface area contributed by atoms with Crippen molar-refractivity contribution in [1.29, 1.82) is 0 Å². The normalized spacial score (nSPS) is 16.1. The third-order valence-electron chi connectivity index (χ3n) is 5.28. The number of ether oxygens (including phenoxy) is 1. The number of hydrogen-bond acceptors (Lipinski definition) is 6. The van der Waals surface area contributed by atoms with Gasteiger partial charge in [0.25, 0.3) is 5.91 Å². The molecule has 0 saturated carbocycles. The zero-order chi connectivity index (χ0) is 23.5. The van der Waals surface area contributed by atoms with Crippen LogP contribution in [0.5, 0.6) is 0 Å². The standard InChI is InChI=1S/C26H24N2O4S/c1-5-31-25(30)19-8-6-7-18(14-19)22-12-11-21(32-22)15-23-24(29)28(4)26(33-23)27-20-10-9-16(2)17(3)13-20/h6-15H,5H2,1-4H3/b23-15+,27-26?. The highest BCUT2D eigenvalue weighted by atomic mass is 32.2. The Morgan fingerprint density at radius 2 is 1.94 bits per heavy atom. The van der Waals surface area contributed by atoms with Gasteiger partial charge < -0.3 is 9.15 Å². The number of furan rings is 1. The Labute approximate surface area is 197 Å². The number of aliphatic imine (C=N–C) groups is 1. The molecule has 3 aromatic rings. The maximum Gasteiger partial charge on any atom is 0.338 e.